The maximum absolute atomic E-state index is 13.0. The third kappa shape index (κ3) is 5.97. The predicted octanol–water partition coefficient (Wildman–Crippen LogP) is 2.63. The maximum Gasteiger partial charge on any atom is 0.273 e. The van der Waals surface area contributed by atoms with E-state index in [1.807, 2.05) is 13.8 Å². The lowest BCUT2D eigenvalue weighted by Crippen LogP contribution is -2.43. The van der Waals surface area contributed by atoms with E-state index in [2.05, 4.69) is 25.5 Å². The summed E-state index contributed by atoms with van der Waals surface area (Å²) in [6.07, 6.45) is 3.97. The van der Waals surface area contributed by atoms with Crippen LogP contribution in [0.1, 0.15) is 33.1 Å². The average molecular weight is 499 g/mol. The Kier molecular flexibility index (Phi) is 7.96. The van der Waals surface area contributed by atoms with Crippen molar-refractivity contribution in [3.63, 3.8) is 0 Å². The number of amides is 2. The Hall–Kier alpha value is -3.47. The van der Waals surface area contributed by atoms with Crippen LogP contribution in [0.5, 0.6) is 5.75 Å². The van der Waals surface area contributed by atoms with Crippen LogP contribution >= 0.6 is 11.3 Å². The minimum Gasteiger partial charge on any atom is -0.494 e. The highest BCUT2D eigenvalue weighted by Crippen LogP contribution is 2.29. The molecule has 1 aliphatic heterocycles. The normalized spacial score (nSPS) is 15.7. The molecule has 1 saturated heterocycles. The van der Waals surface area contributed by atoms with E-state index in [-0.39, 0.29) is 29.8 Å². The molecular weight excluding hydrogens is 468 g/mol. The summed E-state index contributed by atoms with van der Waals surface area (Å²) in [6.45, 7) is 6.34. The quantitative estimate of drug-likeness (QED) is 0.466. The lowest BCUT2D eigenvalue weighted by Gasteiger charge is -2.31. The molecule has 1 unspecified atom stereocenters. The Morgan fingerprint density at radius 3 is 2.77 bits per heavy atom. The number of carbonyl (C=O) groups excluding carboxylic acids is 2. The zero-order valence-electron chi connectivity index (χ0n) is 20.0. The molecule has 35 heavy (non-hydrogen) atoms. The van der Waals surface area contributed by atoms with Gasteiger partial charge in [0.25, 0.3) is 5.56 Å². The van der Waals surface area contributed by atoms with E-state index in [4.69, 9.17) is 4.74 Å². The maximum atomic E-state index is 13.0. The molecule has 11 heteroatoms. The first-order valence-electron chi connectivity index (χ1n) is 11.9. The molecule has 1 atom stereocenters. The molecule has 10 nitrogen and oxygen atoms in total. The Morgan fingerprint density at radius 2 is 2.03 bits per heavy atom. The molecule has 186 valence electrons. The van der Waals surface area contributed by atoms with Crippen molar-refractivity contribution in [1.29, 1.82) is 0 Å². The summed E-state index contributed by atoms with van der Waals surface area (Å²) >= 11 is 1.26. The van der Waals surface area contributed by atoms with Crippen LogP contribution in [0.3, 0.4) is 0 Å². The minimum atomic E-state index is -0.334. The minimum absolute atomic E-state index is 0.0664. The summed E-state index contributed by atoms with van der Waals surface area (Å²) in [5, 5.41) is 6.43. The Morgan fingerprint density at radius 1 is 1.23 bits per heavy atom. The Balaban J connectivity index is 1.44. The molecule has 2 amide bonds. The number of aromatic nitrogens is 3. The van der Waals surface area contributed by atoms with Crippen molar-refractivity contribution in [2.24, 2.45) is 5.92 Å². The number of hydrogen-bond acceptors (Lipinski definition) is 8. The molecule has 4 rings (SSSR count). The number of anilines is 2. The predicted molar refractivity (Wildman–Crippen MR) is 136 cm³/mol. The lowest BCUT2D eigenvalue weighted by molar-refractivity contribution is -0.125. The van der Waals surface area contributed by atoms with E-state index in [0.29, 0.717) is 40.9 Å². The molecule has 0 radical (unpaired) electrons. The van der Waals surface area contributed by atoms with Gasteiger partial charge < -0.3 is 20.3 Å². The van der Waals surface area contributed by atoms with Gasteiger partial charge >= 0.3 is 0 Å². The Labute approximate surface area is 207 Å². The van der Waals surface area contributed by atoms with Crippen molar-refractivity contribution < 1.29 is 14.3 Å². The van der Waals surface area contributed by atoms with Crippen LogP contribution < -0.4 is 25.8 Å². The Bertz CT molecular complexity index is 1240. The van der Waals surface area contributed by atoms with E-state index in [9.17, 15) is 14.4 Å². The number of fused-ring (bicyclic) bond motifs is 1. The van der Waals surface area contributed by atoms with E-state index in [0.717, 1.165) is 31.6 Å². The fourth-order valence-electron chi connectivity index (χ4n) is 4.00. The highest BCUT2D eigenvalue weighted by atomic mass is 32.1. The third-order valence-corrected chi connectivity index (χ3v) is 6.84. The van der Waals surface area contributed by atoms with Crippen molar-refractivity contribution in [2.45, 2.75) is 39.7 Å². The number of piperidine rings is 1. The monoisotopic (exact) mass is 498 g/mol. The fraction of sp³-hybridized carbons (Fsp3) is 0.458. The topological polar surface area (TPSA) is 118 Å². The van der Waals surface area contributed by atoms with Crippen molar-refractivity contribution in [3.8, 4) is 5.75 Å². The molecule has 3 aromatic rings. The second-order valence-corrected chi connectivity index (χ2v) is 9.39. The molecule has 1 aliphatic rings. The average Bonchev–Trinajstić information content (AvgIpc) is 3.31. The van der Waals surface area contributed by atoms with Crippen molar-refractivity contribution in [3.05, 3.63) is 40.9 Å². The number of hydrogen-bond donors (Lipinski definition) is 2. The summed E-state index contributed by atoms with van der Waals surface area (Å²) < 4.78 is 7.08. The summed E-state index contributed by atoms with van der Waals surface area (Å²) in [4.78, 5) is 48.9. The SMILES string of the molecule is CCCNC(=O)C1CCCN(c2nc3ncn(CC(=O)Nc4ccc(OCC)cc4)c(=O)c3s2)C1. The van der Waals surface area contributed by atoms with Crippen LogP contribution in [0.2, 0.25) is 0 Å². The van der Waals surface area contributed by atoms with Crippen LogP contribution in [-0.2, 0) is 16.1 Å². The molecule has 0 spiro atoms. The first kappa shape index (κ1) is 24.6. The summed E-state index contributed by atoms with van der Waals surface area (Å²) in [5.41, 5.74) is 0.661. The van der Waals surface area contributed by atoms with E-state index in [1.54, 1.807) is 24.3 Å². The van der Waals surface area contributed by atoms with Crippen LogP contribution in [0.15, 0.2) is 35.4 Å². The molecule has 2 aromatic heterocycles. The van der Waals surface area contributed by atoms with Crippen molar-refractivity contribution >= 4 is 44.3 Å². The van der Waals surface area contributed by atoms with E-state index >= 15 is 0 Å². The summed E-state index contributed by atoms with van der Waals surface area (Å²) in [6, 6.07) is 7.04. The van der Waals surface area contributed by atoms with Crippen LogP contribution in [0, 0.1) is 5.92 Å². The van der Waals surface area contributed by atoms with Crippen molar-refractivity contribution in [2.75, 3.05) is 36.5 Å². The molecular formula is C24H30N6O4S. The highest BCUT2D eigenvalue weighted by molar-refractivity contribution is 7.22. The van der Waals surface area contributed by atoms with Gasteiger partial charge in [-0.3, -0.25) is 19.0 Å². The van der Waals surface area contributed by atoms with Gasteiger partial charge in [0.1, 0.15) is 23.3 Å². The number of nitrogens with one attached hydrogen (secondary N) is 2. The van der Waals surface area contributed by atoms with Crippen LogP contribution in [-0.4, -0.2) is 52.6 Å². The summed E-state index contributed by atoms with van der Waals surface area (Å²) in [5.74, 6) is 0.355. The number of nitrogens with zero attached hydrogens (tertiary/aromatic N) is 4. The van der Waals surface area contributed by atoms with Gasteiger partial charge in [-0.25, -0.2) is 4.98 Å². The van der Waals surface area contributed by atoms with Gasteiger partial charge in [0.2, 0.25) is 11.8 Å². The first-order valence-corrected chi connectivity index (χ1v) is 12.7. The van der Waals surface area contributed by atoms with Gasteiger partial charge in [0, 0.05) is 25.3 Å². The molecule has 0 bridgehead atoms. The zero-order chi connectivity index (χ0) is 24.8. The highest BCUT2D eigenvalue weighted by Gasteiger charge is 2.27. The molecule has 1 aromatic carbocycles. The molecule has 0 saturated carbocycles. The molecule has 0 aliphatic carbocycles. The van der Waals surface area contributed by atoms with Crippen molar-refractivity contribution in [1.82, 2.24) is 19.9 Å². The number of benzene rings is 1. The molecule has 1 fully saturated rings. The van der Waals surface area contributed by atoms with Gasteiger partial charge in [-0.1, -0.05) is 18.3 Å². The molecule has 2 N–H and O–H groups in total. The van der Waals surface area contributed by atoms with Gasteiger partial charge in [0.15, 0.2) is 10.8 Å². The second kappa shape index (κ2) is 11.3. The number of carbonyl (C=O) groups is 2. The number of rotatable bonds is 9. The van der Waals surface area contributed by atoms with Gasteiger partial charge in [-0.15, -0.1) is 0 Å². The largest absolute Gasteiger partial charge is 0.494 e. The standard InChI is InChI=1S/C24H30N6O4S/c1-3-11-25-22(32)16-6-5-12-29(13-16)24-28-21-20(35-24)23(33)30(15-26-21)14-19(31)27-17-7-9-18(10-8-17)34-4-2/h7-10,15-16H,3-6,11-14H2,1-2H3,(H,25,32)(H,27,31). The first-order chi connectivity index (χ1) is 17.0. The number of thiazole rings is 1. The van der Waals surface area contributed by atoms with Crippen LogP contribution in [0.25, 0.3) is 10.3 Å². The third-order valence-electron chi connectivity index (χ3n) is 5.75. The molecule has 3 heterocycles. The van der Waals surface area contributed by atoms with Gasteiger partial charge in [0.05, 0.1) is 12.5 Å². The smallest absolute Gasteiger partial charge is 0.273 e. The fourth-order valence-corrected chi connectivity index (χ4v) is 5.00. The van der Waals surface area contributed by atoms with Crippen LogP contribution in [0.4, 0.5) is 10.8 Å². The lowest BCUT2D eigenvalue weighted by atomic mass is 9.97. The zero-order valence-corrected chi connectivity index (χ0v) is 20.8. The second-order valence-electron chi connectivity index (χ2n) is 8.41. The van der Waals surface area contributed by atoms with E-state index < -0.39 is 0 Å². The summed E-state index contributed by atoms with van der Waals surface area (Å²) in [7, 11) is 0. The number of ether oxygens (including phenoxy) is 1. The van der Waals surface area contributed by atoms with Gasteiger partial charge in [-0.05, 0) is 50.5 Å². The van der Waals surface area contributed by atoms with E-state index in [1.165, 1.54) is 22.2 Å². The van der Waals surface area contributed by atoms with Gasteiger partial charge in [-0.2, -0.15) is 4.98 Å².